The first-order valence-corrected chi connectivity index (χ1v) is 11.9. The van der Waals surface area contributed by atoms with Crippen LogP contribution in [0.5, 0.6) is 0 Å². The number of halogens is 1. The number of rotatable bonds is 6. The Bertz CT molecular complexity index is 1150. The lowest BCUT2D eigenvalue weighted by molar-refractivity contribution is -0.118. The van der Waals surface area contributed by atoms with E-state index in [-0.39, 0.29) is 11.7 Å². The van der Waals surface area contributed by atoms with Gasteiger partial charge in [0.05, 0.1) is 11.8 Å². The summed E-state index contributed by atoms with van der Waals surface area (Å²) in [6.07, 6.45) is 3.45. The molecule has 1 aromatic heterocycles. The molecular formula is C26H30FN3O3. The third-order valence-corrected chi connectivity index (χ3v) is 7.14. The molecule has 5 rings (SSSR count). The average Bonchev–Trinajstić information content (AvgIpc) is 3.46. The number of amides is 1. The molecule has 0 radical (unpaired) electrons. The second kappa shape index (κ2) is 9.23. The standard InChI is InChI=1S/C26H30FN3O3/c1-2-25(32)30-14-9-18-15-19(3-6-22(18)30)23(31)10-13-29-11-7-17(8-12-29)26-21-5-4-20(27)16-24(21)33-28-26/h3-6,15-17,23,31H,2,7-14H2,1H3. The average molecular weight is 452 g/mol. The van der Waals surface area contributed by atoms with Crippen molar-refractivity contribution in [3.63, 3.8) is 0 Å². The highest BCUT2D eigenvalue weighted by Gasteiger charge is 2.27. The van der Waals surface area contributed by atoms with Crippen molar-refractivity contribution in [2.45, 2.75) is 51.0 Å². The van der Waals surface area contributed by atoms with E-state index in [1.807, 2.05) is 24.0 Å². The highest BCUT2D eigenvalue weighted by Crippen LogP contribution is 2.34. The molecule has 0 bridgehead atoms. The fourth-order valence-electron chi connectivity index (χ4n) is 5.21. The van der Waals surface area contributed by atoms with Gasteiger partial charge in [0.1, 0.15) is 5.82 Å². The smallest absolute Gasteiger partial charge is 0.226 e. The van der Waals surface area contributed by atoms with Gasteiger partial charge in [-0.05, 0) is 68.1 Å². The molecular weight excluding hydrogens is 421 g/mol. The van der Waals surface area contributed by atoms with Gasteiger partial charge in [-0.1, -0.05) is 24.2 Å². The molecule has 6 nitrogen and oxygen atoms in total. The van der Waals surface area contributed by atoms with Crippen LogP contribution in [0.1, 0.15) is 61.4 Å². The molecule has 7 heteroatoms. The van der Waals surface area contributed by atoms with E-state index in [1.54, 1.807) is 6.07 Å². The van der Waals surface area contributed by atoms with Crippen molar-refractivity contribution in [3.05, 3.63) is 59.0 Å². The Kier molecular flexibility index (Phi) is 6.17. The van der Waals surface area contributed by atoms with Crippen LogP contribution in [-0.4, -0.2) is 47.2 Å². The Balaban J connectivity index is 1.15. The van der Waals surface area contributed by atoms with Gasteiger partial charge < -0.3 is 19.4 Å². The first-order chi connectivity index (χ1) is 16.0. The van der Waals surface area contributed by atoms with Gasteiger partial charge >= 0.3 is 0 Å². The topological polar surface area (TPSA) is 69.8 Å². The van der Waals surface area contributed by atoms with E-state index in [4.69, 9.17) is 4.52 Å². The van der Waals surface area contributed by atoms with Gasteiger partial charge in [0.2, 0.25) is 5.91 Å². The predicted molar refractivity (Wildman–Crippen MR) is 125 cm³/mol. The summed E-state index contributed by atoms with van der Waals surface area (Å²) in [6, 6.07) is 10.6. The minimum Gasteiger partial charge on any atom is -0.388 e. The maximum Gasteiger partial charge on any atom is 0.226 e. The summed E-state index contributed by atoms with van der Waals surface area (Å²) in [5.41, 5.74) is 4.50. The number of aromatic nitrogens is 1. The van der Waals surface area contributed by atoms with Gasteiger partial charge in [-0.25, -0.2) is 4.39 Å². The lowest BCUT2D eigenvalue weighted by Crippen LogP contribution is -2.34. The van der Waals surface area contributed by atoms with Crippen molar-refractivity contribution in [3.8, 4) is 0 Å². The number of likely N-dealkylation sites (tertiary alicyclic amines) is 1. The molecule has 0 spiro atoms. The summed E-state index contributed by atoms with van der Waals surface area (Å²) in [5, 5.41) is 15.9. The molecule has 0 aliphatic carbocycles. The zero-order valence-electron chi connectivity index (χ0n) is 19.0. The van der Waals surface area contributed by atoms with Gasteiger partial charge in [0.25, 0.3) is 0 Å². The molecule has 174 valence electrons. The van der Waals surface area contributed by atoms with Crippen LogP contribution >= 0.6 is 0 Å². The first kappa shape index (κ1) is 22.0. The van der Waals surface area contributed by atoms with Crippen LogP contribution in [-0.2, 0) is 11.2 Å². The predicted octanol–water partition coefficient (Wildman–Crippen LogP) is 4.57. The van der Waals surface area contributed by atoms with Crippen molar-refractivity contribution >= 4 is 22.6 Å². The summed E-state index contributed by atoms with van der Waals surface area (Å²) in [5.74, 6) is 0.147. The SMILES string of the molecule is CCC(=O)N1CCc2cc(C(O)CCN3CCC(c4noc5cc(F)ccc45)CC3)ccc21. The lowest BCUT2D eigenvalue weighted by atomic mass is 9.91. The number of aliphatic hydroxyl groups is 1. The number of hydrogen-bond donors (Lipinski definition) is 1. The maximum atomic E-state index is 13.4. The summed E-state index contributed by atoms with van der Waals surface area (Å²) in [4.78, 5) is 16.3. The molecule has 3 aromatic rings. The number of hydrogen-bond acceptors (Lipinski definition) is 5. The minimum atomic E-state index is -0.515. The quantitative estimate of drug-likeness (QED) is 0.595. The molecule has 0 saturated carbocycles. The first-order valence-electron chi connectivity index (χ1n) is 11.9. The zero-order chi connectivity index (χ0) is 22.9. The third kappa shape index (κ3) is 4.39. The third-order valence-electron chi connectivity index (χ3n) is 7.14. The molecule has 3 heterocycles. The molecule has 33 heavy (non-hydrogen) atoms. The Morgan fingerprint density at radius 1 is 1.21 bits per heavy atom. The number of anilines is 1. The number of carbonyl (C=O) groups excluding carboxylic acids is 1. The van der Waals surface area contributed by atoms with Crippen LogP contribution < -0.4 is 4.90 Å². The molecule has 2 aliphatic heterocycles. The molecule has 1 unspecified atom stereocenters. The van der Waals surface area contributed by atoms with Gasteiger partial charge in [0.15, 0.2) is 5.58 Å². The van der Waals surface area contributed by atoms with E-state index in [2.05, 4.69) is 16.1 Å². The van der Waals surface area contributed by atoms with Crippen molar-refractivity contribution < 1.29 is 18.8 Å². The second-order valence-corrected chi connectivity index (χ2v) is 9.17. The van der Waals surface area contributed by atoms with Crippen molar-refractivity contribution in [1.82, 2.24) is 10.1 Å². The molecule has 2 aromatic carbocycles. The molecule has 1 saturated heterocycles. The molecule has 1 N–H and O–H groups in total. The number of piperidine rings is 1. The number of aliphatic hydroxyl groups excluding tert-OH is 1. The maximum absolute atomic E-state index is 13.4. The molecule has 1 fully saturated rings. The Morgan fingerprint density at radius 2 is 2.03 bits per heavy atom. The van der Waals surface area contributed by atoms with Crippen LogP contribution in [0.2, 0.25) is 0 Å². The largest absolute Gasteiger partial charge is 0.388 e. The van der Waals surface area contributed by atoms with Crippen LogP contribution in [0.3, 0.4) is 0 Å². The van der Waals surface area contributed by atoms with Crippen molar-refractivity contribution in [2.75, 3.05) is 31.1 Å². The summed E-state index contributed by atoms with van der Waals surface area (Å²) >= 11 is 0. The number of carbonyl (C=O) groups is 1. The fourth-order valence-corrected chi connectivity index (χ4v) is 5.21. The van der Waals surface area contributed by atoms with E-state index in [0.29, 0.717) is 24.3 Å². The van der Waals surface area contributed by atoms with Crippen molar-refractivity contribution in [2.24, 2.45) is 0 Å². The molecule has 2 aliphatic rings. The Labute approximate surface area is 193 Å². The summed E-state index contributed by atoms with van der Waals surface area (Å²) in [7, 11) is 0. The van der Waals surface area contributed by atoms with Crippen LogP contribution in [0.15, 0.2) is 40.9 Å². The van der Waals surface area contributed by atoms with E-state index in [1.165, 1.54) is 12.1 Å². The van der Waals surface area contributed by atoms with E-state index in [0.717, 1.165) is 73.3 Å². The zero-order valence-corrected chi connectivity index (χ0v) is 19.0. The molecule has 1 atom stereocenters. The van der Waals surface area contributed by atoms with Crippen LogP contribution in [0.4, 0.5) is 10.1 Å². The fraction of sp³-hybridized carbons (Fsp3) is 0.462. The van der Waals surface area contributed by atoms with Crippen molar-refractivity contribution in [1.29, 1.82) is 0 Å². The van der Waals surface area contributed by atoms with Crippen LogP contribution in [0, 0.1) is 5.82 Å². The number of nitrogens with zero attached hydrogens (tertiary/aromatic N) is 3. The highest BCUT2D eigenvalue weighted by molar-refractivity contribution is 5.95. The number of fused-ring (bicyclic) bond motifs is 2. The highest BCUT2D eigenvalue weighted by atomic mass is 19.1. The van der Waals surface area contributed by atoms with Gasteiger partial charge in [0, 0.05) is 42.6 Å². The van der Waals surface area contributed by atoms with E-state index >= 15 is 0 Å². The minimum absolute atomic E-state index is 0.149. The van der Waals surface area contributed by atoms with Gasteiger partial charge in [-0.3, -0.25) is 4.79 Å². The second-order valence-electron chi connectivity index (χ2n) is 9.17. The lowest BCUT2D eigenvalue weighted by Gasteiger charge is -2.31. The van der Waals surface area contributed by atoms with Gasteiger partial charge in [-0.2, -0.15) is 0 Å². The normalized spacial score (nSPS) is 18.1. The molecule has 1 amide bonds. The Hall–Kier alpha value is -2.77. The summed E-state index contributed by atoms with van der Waals surface area (Å²) < 4.78 is 18.7. The monoisotopic (exact) mass is 451 g/mol. The number of benzene rings is 2. The van der Waals surface area contributed by atoms with E-state index in [9.17, 15) is 14.3 Å². The Morgan fingerprint density at radius 3 is 2.82 bits per heavy atom. The summed E-state index contributed by atoms with van der Waals surface area (Å²) in [6.45, 7) is 5.31. The van der Waals surface area contributed by atoms with E-state index < -0.39 is 6.10 Å². The van der Waals surface area contributed by atoms with Gasteiger partial charge in [-0.15, -0.1) is 0 Å². The van der Waals surface area contributed by atoms with Crippen LogP contribution in [0.25, 0.3) is 11.0 Å².